The van der Waals surface area contributed by atoms with E-state index < -0.39 is 6.10 Å². The Morgan fingerprint density at radius 3 is 1.62 bits per heavy atom. The highest BCUT2D eigenvalue weighted by Gasteiger charge is 2.20. The van der Waals surface area contributed by atoms with E-state index >= 15 is 0 Å². The summed E-state index contributed by atoms with van der Waals surface area (Å²) in [5.74, 6) is 1.71. The van der Waals surface area contributed by atoms with Crippen molar-refractivity contribution in [2.45, 2.75) is 71.7 Å². The molecule has 2 aromatic carbocycles. The van der Waals surface area contributed by atoms with Gasteiger partial charge in [0.05, 0.1) is 25.4 Å². The average Bonchev–Trinajstić information content (AvgIpc) is 2.74. The molecule has 0 bridgehead atoms. The molecule has 2 rings (SSSR count). The molecule has 0 fully saturated rings. The molecule has 2 aromatic rings. The summed E-state index contributed by atoms with van der Waals surface area (Å²) in [4.78, 5) is 0. The molecular weight excluding hydrogens is 364 g/mol. The highest BCUT2D eigenvalue weighted by Crippen LogP contribution is 2.27. The molecule has 0 aliphatic rings. The number of rotatable bonds is 13. The summed E-state index contributed by atoms with van der Waals surface area (Å²) in [5.41, 5.74) is 1.89. The first-order valence-electron chi connectivity index (χ1n) is 10.8. The lowest BCUT2D eigenvalue weighted by Gasteiger charge is -2.24. The van der Waals surface area contributed by atoms with E-state index in [1.54, 1.807) is 0 Å². The monoisotopic (exact) mass is 400 g/mol. The summed E-state index contributed by atoms with van der Waals surface area (Å²) in [6.07, 6.45) is 3.18. The largest absolute Gasteiger partial charge is 0.494 e. The number of hydrogen-bond acceptors (Lipinski definition) is 4. The van der Waals surface area contributed by atoms with Crippen molar-refractivity contribution in [1.82, 2.24) is 0 Å². The van der Waals surface area contributed by atoms with E-state index in [1.807, 2.05) is 62.4 Å². The lowest BCUT2D eigenvalue weighted by atomic mass is 10.0. The Balaban J connectivity index is 1.87. The zero-order valence-electron chi connectivity index (χ0n) is 18.3. The summed E-state index contributed by atoms with van der Waals surface area (Å²) in [6.45, 7) is 9.65. The first kappa shape index (κ1) is 23.2. The van der Waals surface area contributed by atoms with Gasteiger partial charge >= 0.3 is 0 Å². The van der Waals surface area contributed by atoms with E-state index in [2.05, 4.69) is 13.8 Å². The summed E-state index contributed by atoms with van der Waals surface area (Å²) in [7, 11) is 0. The fourth-order valence-electron chi connectivity index (χ4n) is 3.01. The standard InChI is InChI=1S/C25H36O4/c1-5-7-17-27-23-13-9-21(10-14-23)19(3)29-20(4)25(26)22-11-15-24(16-12-22)28-18-8-6-2/h9-16,19-20,25-26H,5-8,17-18H2,1-4H3. The Morgan fingerprint density at radius 2 is 1.17 bits per heavy atom. The minimum absolute atomic E-state index is 0.124. The van der Waals surface area contributed by atoms with Gasteiger partial charge in [-0.3, -0.25) is 0 Å². The summed E-state index contributed by atoms with van der Waals surface area (Å²) < 4.78 is 17.5. The third-order valence-electron chi connectivity index (χ3n) is 4.97. The van der Waals surface area contributed by atoms with E-state index in [1.165, 1.54) is 0 Å². The molecule has 0 saturated carbocycles. The van der Waals surface area contributed by atoms with Crippen molar-refractivity contribution >= 4 is 0 Å². The van der Waals surface area contributed by atoms with Crippen LogP contribution >= 0.6 is 0 Å². The molecule has 3 unspecified atom stereocenters. The highest BCUT2D eigenvalue weighted by atomic mass is 16.5. The minimum Gasteiger partial charge on any atom is -0.494 e. The molecule has 160 valence electrons. The van der Waals surface area contributed by atoms with Gasteiger partial charge < -0.3 is 19.3 Å². The van der Waals surface area contributed by atoms with Crippen LogP contribution in [-0.4, -0.2) is 24.4 Å². The second kappa shape index (κ2) is 12.5. The van der Waals surface area contributed by atoms with Gasteiger partial charge in [0, 0.05) is 0 Å². The molecule has 0 heterocycles. The van der Waals surface area contributed by atoms with Gasteiger partial charge in [-0.1, -0.05) is 51.0 Å². The number of benzene rings is 2. The fraction of sp³-hybridized carbons (Fsp3) is 0.520. The zero-order valence-corrected chi connectivity index (χ0v) is 18.3. The van der Waals surface area contributed by atoms with Crippen molar-refractivity contribution in [3.05, 3.63) is 59.7 Å². The zero-order chi connectivity index (χ0) is 21.1. The molecule has 0 radical (unpaired) electrons. The lowest BCUT2D eigenvalue weighted by Crippen LogP contribution is -2.20. The van der Waals surface area contributed by atoms with Crippen LogP contribution in [0.15, 0.2) is 48.5 Å². The van der Waals surface area contributed by atoms with Crippen molar-refractivity contribution < 1.29 is 19.3 Å². The van der Waals surface area contributed by atoms with Crippen LogP contribution in [0.2, 0.25) is 0 Å². The van der Waals surface area contributed by atoms with Gasteiger partial charge in [-0.05, 0) is 62.1 Å². The smallest absolute Gasteiger partial charge is 0.119 e. The van der Waals surface area contributed by atoms with Crippen LogP contribution in [0.4, 0.5) is 0 Å². The Kier molecular flexibility index (Phi) is 10.0. The molecule has 0 spiro atoms. The van der Waals surface area contributed by atoms with Crippen LogP contribution in [0, 0.1) is 0 Å². The van der Waals surface area contributed by atoms with Gasteiger partial charge in [0.25, 0.3) is 0 Å². The van der Waals surface area contributed by atoms with Crippen molar-refractivity contribution in [1.29, 1.82) is 0 Å². The van der Waals surface area contributed by atoms with Gasteiger partial charge in [0.1, 0.15) is 17.6 Å². The third-order valence-corrected chi connectivity index (χ3v) is 4.97. The Morgan fingerprint density at radius 1 is 0.724 bits per heavy atom. The molecule has 4 nitrogen and oxygen atoms in total. The molecule has 0 amide bonds. The second-order valence-electron chi connectivity index (χ2n) is 7.47. The van der Waals surface area contributed by atoms with E-state index in [9.17, 15) is 5.11 Å². The molecule has 0 aromatic heterocycles. The molecule has 0 saturated heterocycles. The number of aliphatic hydroxyl groups is 1. The van der Waals surface area contributed by atoms with Crippen LogP contribution in [0.5, 0.6) is 11.5 Å². The number of aliphatic hydroxyl groups excluding tert-OH is 1. The molecule has 0 aliphatic heterocycles. The van der Waals surface area contributed by atoms with Gasteiger partial charge in [0.15, 0.2) is 0 Å². The Hall–Kier alpha value is -2.04. The van der Waals surface area contributed by atoms with Gasteiger partial charge in [0.2, 0.25) is 0 Å². The maximum absolute atomic E-state index is 10.7. The normalized spacial score (nSPS) is 14.2. The molecule has 0 aliphatic carbocycles. The SMILES string of the molecule is CCCCOc1ccc(C(C)OC(C)C(O)c2ccc(OCCCC)cc2)cc1. The van der Waals surface area contributed by atoms with Crippen molar-refractivity contribution in [2.24, 2.45) is 0 Å². The first-order valence-corrected chi connectivity index (χ1v) is 10.8. The van der Waals surface area contributed by atoms with Crippen LogP contribution in [0.1, 0.15) is 76.7 Å². The Bertz CT molecular complexity index is 681. The van der Waals surface area contributed by atoms with E-state index in [-0.39, 0.29) is 12.2 Å². The van der Waals surface area contributed by atoms with E-state index in [4.69, 9.17) is 14.2 Å². The predicted octanol–water partition coefficient (Wildman–Crippen LogP) is 6.24. The maximum Gasteiger partial charge on any atom is 0.119 e. The Labute approximate surface area is 175 Å². The van der Waals surface area contributed by atoms with Crippen LogP contribution in [0.25, 0.3) is 0 Å². The van der Waals surface area contributed by atoms with Crippen LogP contribution in [-0.2, 0) is 4.74 Å². The molecule has 3 atom stereocenters. The number of ether oxygens (including phenoxy) is 3. The number of hydrogen-bond donors (Lipinski definition) is 1. The molecule has 29 heavy (non-hydrogen) atoms. The topological polar surface area (TPSA) is 47.9 Å². The first-order chi connectivity index (χ1) is 14.0. The molecule has 4 heteroatoms. The van der Waals surface area contributed by atoms with Gasteiger partial charge in [-0.15, -0.1) is 0 Å². The quantitative estimate of drug-likeness (QED) is 0.404. The van der Waals surface area contributed by atoms with E-state index in [0.29, 0.717) is 0 Å². The lowest BCUT2D eigenvalue weighted by molar-refractivity contribution is -0.0639. The summed E-state index contributed by atoms with van der Waals surface area (Å²) in [5, 5.41) is 10.7. The van der Waals surface area contributed by atoms with Crippen LogP contribution in [0.3, 0.4) is 0 Å². The summed E-state index contributed by atoms with van der Waals surface area (Å²) >= 11 is 0. The van der Waals surface area contributed by atoms with Crippen molar-refractivity contribution in [3.8, 4) is 11.5 Å². The number of unbranched alkanes of at least 4 members (excludes halogenated alkanes) is 2. The van der Waals surface area contributed by atoms with E-state index in [0.717, 1.165) is 61.5 Å². The maximum atomic E-state index is 10.7. The van der Waals surface area contributed by atoms with Crippen molar-refractivity contribution in [2.75, 3.05) is 13.2 Å². The third kappa shape index (κ3) is 7.71. The molecule has 1 N–H and O–H groups in total. The summed E-state index contributed by atoms with van der Waals surface area (Å²) in [6, 6.07) is 15.6. The van der Waals surface area contributed by atoms with Crippen molar-refractivity contribution in [3.63, 3.8) is 0 Å². The predicted molar refractivity (Wildman–Crippen MR) is 118 cm³/mol. The second-order valence-corrected chi connectivity index (χ2v) is 7.47. The van der Waals surface area contributed by atoms with Gasteiger partial charge in [-0.2, -0.15) is 0 Å². The highest BCUT2D eigenvalue weighted by molar-refractivity contribution is 5.30. The van der Waals surface area contributed by atoms with Gasteiger partial charge in [-0.25, -0.2) is 0 Å². The fourth-order valence-corrected chi connectivity index (χ4v) is 3.01. The van der Waals surface area contributed by atoms with Crippen LogP contribution < -0.4 is 9.47 Å². The molecular formula is C25H36O4. The minimum atomic E-state index is -0.696. The average molecular weight is 401 g/mol.